The van der Waals surface area contributed by atoms with Crippen molar-refractivity contribution >= 4 is 6.08 Å². The highest BCUT2D eigenvalue weighted by atomic mass is 19.3. The van der Waals surface area contributed by atoms with Gasteiger partial charge in [-0.15, -0.1) is 0 Å². The van der Waals surface area contributed by atoms with Gasteiger partial charge in [-0.1, -0.05) is 72.8 Å². The van der Waals surface area contributed by atoms with E-state index in [4.69, 9.17) is 4.74 Å². The molecule has 1 aliphatic carbocycles. The van der Waals surface area contributed by atoms with Crippen molar-refractivity contribution in [1.82, 2.24) is 0 Å². The van der Waals surface area contributed by atoms with Crippen molar-refractivity contribution in [2.45, 2.75) is 18.6 Å². The molecule has 1 unspecified atom stereocenters. The van der Waals surface area contributed by atoms with Gasteiger partial charge in [-0.3, -0.25) is 0 Å². The Bertz CT molecular complexity index is 671. The maximum absolute atomic E-state index is 13.9. The van der Waals surface area contributed by atoms with Crippen molar-refractivity contribution in [1.29, 1.82) is 0 Å². The summed E-state index contributed by atoms with van der Waals surface area (Å²) in [6, 6.07) is 18.7. The summed E-state index contributed by atoms with van der Waals surface area (Å²) in [5.41, 5.74) is 1.82. The Kier molecular flexibility index (Phi) is 5.07. The summed E-state index contributed by atoms with van der Waals surface area (Å²) < 4.78 is 33.2. The van der Waals surface area contributed by atoms with Crippen LogP contribution in [0.15, 0.2) is 66.7 Å². The molecule has 4 heteroatoms. The van der Waals surface area contributed by atoms with Gasteiger partial charge >= 0.3 is 0 Å². The molecular formula is C20H20F2O2. The minimum absolute atomic E-state index is 0.0528. The lowest BCUT2D eigenvalue weighted by atomic mass is 10.1. The normalized spacial score (nSPS) is 23.3. The average Bonchev–Trinajstić information content (AvgIpc) is 3.15. The predicted octanol–water partition coefficient (Wildman–Crippen LogP) is 4.16. The summed E-state index contributed by atoms with van der Waals surface area (Å²) in [5.74, 6) is -4.89. The molecule has 1 saturated carbocycles. The Labute approximate surface area is 140 Å². The fraction of sp³-hybridized carbons (Fsp3) is 0.300. The molecular weight excluding hydrogens is 310 g/mol. The standard InChI is InChI=1S/C20H20F2O2/c21-20(22)17(14-24-13-16-9-5-2-6-10-16)19(20)18(23)12-11-15-7-3-1-4-8-15/h1-12,17-19,23H,13-14H2/b12-11+/t17-,18?,19+/m0/s1. The SMILES string of the molecule is OC(/C=C/c1ccccc1)[C@H]1[C@H](COCc2ccccc2)C1(F)F. The zero-order chi connectivity index (χ0) is 17.0. The van der Waals surface area contributed by atoms with E-state index in [1.165, 1.54) is 6.08 Å². The molecule has 0 radical (unpaired) electrons. The van der Waals surface area contributed by atoms with Crippen LogP contribution in [0.5, 0.6) is 0 Å². The van der Waals surface area contributed by atoms with Gasteiger partial charge in [0.2, 0.25) is 0 Å². The lowest BCUT2D eigenvalue weighted by molar-refractivity contribution is 0.0395. The van der Waals surface area contributed by atoms with Crippen molar-refractivity contribution in [3.63, 3.8) is 0 Å². The summed E-state index contributed by atoms with van der Waals surface area (Å²) >= 11 is 0. The van der Waals surface area contributed by atoms with E-state index >= 15 is 0 Å². The summed E-state index contributed by atoms with van der Waals surface area (Å²) in [7, 11) is 0. The summed E-state index contributed by atoms with van der Waals surface area (Å²) in [6.07, 6.45) is 1.93. The Morgan fingerprint density at radius 1 is 1.04 bits per heavy atom. The van der Waals surface area contributed by atoms with Gasteiger partial charge < -0.3 is 9.84 Å². The highest BCUT2D eigenvalue weighted by molar-refractivity contribution is 5.49. The zero-order valence-corrected chi connectivity index (χ0v) is 13.2. The van der Waals surface area contributed by atoms with Gasteiger partial charge in [0.15, 0.2) is 0 Å². The van der Waals surface area contributed by atoms with Crippen LogP contribution in [0.2, 0.25) is 0 Å². The fourth-order valence-corrected chi connectivity index (χ4v) is 2.87. The predicted molar refractivity (Wildman–Crippen MR) is 89.5 cm³/mol. The second-order valence-electron chi connectivity index (χ2n) is 6.07. The van der Waals surface area contributed by atoms with Gasteiger partial charge in [0, 0.05) is 0 Å². The monoisotopic (exact) mass is 330 g/mol. The zero-order valence-electron chi connectivity index (χ0n) is 13.2. The van der Waals surface area contributed by atoms with Gasteiger partial charge in [-0.2, -0.15) is 0 Å². The highest BCUT2D eigenvalue weighted by Gasteiger charge is 2.70. The number of alkyl halides is 2. The van der Waals surface area contributed by atoms with Gasteiger partial charge in [0.1, 0.15) is 0 Å². The van der Waals surface area contributed by atoms with Gasteiger partial charge in [-0.05, 0) is 11.1 Å². The Hall–Kier alpha value is -2.04. The van der Waals surface area contributed by atoms with E-state index in [9.17, 15) is 13.9 Å². The summed E-state index contributed by atoms with van der Waals surface area (Å²) in [4.78, 5) is 0. The number of rotatable bonds is 7. The van der Waals surface area contributed by atoms with Crippen LogP contribution in [0, 0.1) is 11.8 Å². The first kappa shape index (κ1) is 16.8. The summed E-state index contributed by atoms with van der Waals surface area (Å²) in [6.45, 7) is 0.249. The van der Waals surface area contributed by atoms with E-state index < -0.39 is 23.9 Å². The molecule has 0 aromatic heterocycles. The molecule has 0 heterocycles. The maximum atomic E-state index is 13.9. The van der Waals surface area contributed by atoms with E-state index in [0.29, 0.717) is 6.61 Å². The first-order chi connectivity index (χ1) is 11.6. The molecule has 0 aliphatic heterocycles. The number of hydrogen-bond acceptors (Lipinski definition) is 2. The lowest BCUT2D eigenvalue weighted by Gasteiger charge is -2.05. The van der Waals surface area contributed by atoms with Crippen LogP contribution >= 0.6 is 0 Å². The summed E-state index contributed by atoms with van der Waals surface area (Å²) in [5, 5.41) is 10.1. The topological polar surface area (TPSA) is 29.5 Å². The van der Waals surface area contributed by atoms with Crippen molar-refractivity contribution in [2.75, 3.05) is 6.61 Å². The molecule has 24 heavy (non-hydrogen) atoms. The van der Waals surface area contributed by atoms with Crippen LogP contribution in [0.1, 0.15) is 11.1 Å². The third-order valence-corrected chi connectivity index (χ3v) is 4.33. The number of hydrogen-bond donors (Lipinski definition) is 1. The minimum atomic E-state index is -2.88. The van der Waals surface area contributed by atoms with Gasteiger partial charge in [0.05, 0.1) is 31.2 Å². The number of aliphatic hydroxyl groups excluding tert-OH is 1. The second-order valence-corrected chi connectivity index (χ2v) is 6.07. The first-order valence-electron chi connectivity index (χ1n) is 8.00. The fourth-order valence-electron chi connectivity index (χ4n) is 2.87. The average molecular weight is 330 g/mol. The second kappa shape index (κ2) is 7.24. The molecule has 3 atom stereocenters. The third kappa shape index (κ3) is 3.89. The molecule has 1 fully saturated rings. The molecule has 2 nitrogen and oxygen atoms in total. The Balaban J connectivity index is 1.51. The molecule has 0 spiro atoms. The number of aliphatic hydroxyl groups is 1. The Morgan fingerprint density at radius 3 is 2.33 bits per heavy atom. The van der Waals surface area contributed by atoms with Crippen LogP contribution in [-0.2, 0) is 11.3 Å². The largest absolute Gasteiger partial charge is 0.388 e. The molecule has 2 aromatic carbocycles. The van der Waals surface area contributed by atoms with E-state index in [2.05, 4.69) is 0 Å². The Morgan fingerprint density at radius 2 is 1.67 bits per heavy atom. The van der Waals surface area contributed by atoms with Crippen LogP contribution in [-0.4, -0.2) is 23.7 Å². The molecule has 126 valence electrons. The molecule has 1 aliphatic rings. The molecule has 0 saturated heterocycles. The van der Waals surface area contributed by atoms with Crippen molar-refractivity contribution in [3.05, 3.63) is 77.9 Å². The molecule has 3 rings (SSSR count). The van der Waals surface area contributed by atoms with Crippen LogP contribution in [0.25, 0.3) is 6.08 Å². The van der Waals surface area contributed by atoms with E-state index in [0.717, 1.165) is 11.1 Å². The van der Waals surface area contributed by atoms with E-state index in [1.54, 1.807) is 6.08 Å². The molecule has 2 aromatic rings. The number of halogens is 2. The molecule has 0 bridgehead atoms. The molecule has 0 amide bonds. The van der Waals surface area contributed by atoms with Crippen molar-refractivity contribution in [3.8, 4) is 0 Å². The minimum Gasteiger partial charge on any atom is -0.388 e. The van der Waals surface area contributed by atoms with Crippen LogP contribution in [0.3, 0.4) is 0 Å². The molecule has 1 N–H and O–H groups in total. The number of ether oxygens (including phenoxy) is 1. The van der Waals surface area contributed by atoms with Crippen molar-refractivity contribution in [2.24, 2.45) is 11.8 Å². The van der Waals surface area contributed by atoms with E-state index in [-0.39, 0.29) is 6.61 Å². The maximum Gasteiger partial charge on any atom is 0.259 e. The van der Waals surface area contributed by atoms with Crippen molar-refractivity contribution < 1.29 is 18.6 Å². The van der Waals surface area contributed by atoms with E-state index in [1.807, 2.05) is 60.7 Å². The highest BCUT2D eigenvalue weighted by Crippen LogP contribution is 2.57. The third-order valence-electron chi connectivity index (χ3n) is 4.33. The van der Waals surface area contributed by atoms with Gasteiger partial charge in [-0.25, -0.2) is 8.78 Å². The lowest BCUT2D eigenvalue weighted by Crippen LogP contribution is -2.11. The van der Waals surface area contributed by atoms with Crippen LogP contribution < -0.4 is 0 Å². The smallest absolute Gasteiger partial charge is 0.259 e. The van der Waals surface area contributed by atoms with Gasteiger partial charge in [0.25, 0.3) is 5.92 Å². The number of benzene rings is 2. The first-order valence-corrected chi connectivity index (χ1v) is 8.00. The quantitative estimate of drug-likeness (QED) is 0.826. The van der Waals surface area contributed by atoms with Crippen LogP contribution in [0.4, 0.5) is 8.78 Å².